The molecule has 1 radical (unpaired) electrons. The SMILES string of the molecule is O=c1[nH][nH][nH]c(=O)c1=O.[Cl-].[Cl-].[Cl-].[Cr+3]. The molecule has 0 bridgehead atoms. The zero-order valence-corrected chi connectivity index (χ0v) is 9.31. The maximum Gasteiger partial charge on any atom is 3.00 e. The van der Waals surface area contributed by atoms with Crippen LogP contribution in [0.1, 0.15) is 0 Å². The first-order chi connectivity index (χ1) is 4.22. The van der Waals surface area contributed by atoms with Gasteiger partial charge in [-0.15, -0.1) is 0 Å². The molecule has 13 heavy (non-hydrogen) atoms. The van der Waals surface area contributed by atoms with Crippen LogP contribution in [-0.2, 0) is 17.4 Å². The summed E-state index contributed by atoms with van der Waals surface area (Å²) in [5.41, 5.74) is -2.98. The molecule has 0 spiro atoms. The minimum atomic E-state index is -1.09. The third kappa shape index (κ3) is 5.96. The number of hydrogen-bond donors (Lipinski definition) is 3. The molecule has 1 rings (SSSR count). The molecule has 1 heterocycles. The van der Waals surface area contributed by atoms with Crippen molar-refractivity contribution in [3.63, 3.8) is 0 Å². The Morgan fingerprint density at radius 1 is 0.769 bits per heavy atom. The summed E-state index contributed by atoms with van der Waals surface area (Å²) in [7, 11) is 0. The van der Waals surface area contributed by atoms with Crippen LogP contribution in [0.4, 0.5) is 0 Å². The molecule has 1 aromatic rings. The Labute approximate surface area is 101 Å². The summed E-state index contributed by atoms with van der Waals surface area (Å²) < 4.78 is 0. The third-order valence-corrected chi connectivity index (χ3v) is 0.765. The molecule has 1 aromatic heterocycles. The van der Waals surface area contributed by atoms with Gasteiger partial charge in [0.15, 0.2) is 0 Å². The zero-order valence-electron chi connectivity index (χ0n) is 5.77. The van der Waals surface area contributed by atoms with Gasteiger partial charge in [-0.25, -0.2) is 15.4 Å². The summed E-state index contributed by atoms with van der Waals surface area (Å²) >= 11 is 0. The molecule has 0 aromatic carbocycles. The van der Waals surface area contributed by atoms with Crippen molar-refractivity contribution in [3.05, 3.63) is 30.9 Å². The van der Waals surface area contributed by atoms with E-state index >= 15 is 0 Å². The summed E-state index contributed by atoms with van der Waals surface area (Å²) in [6.45, 7) is 0. The monoisotopic (exact) mass is 286 g/mol. The molecule has 0 saturated heterocycles. The van der Waals surface area contributed by atoms with E-state index in [1.165, 1.54) is 0 Å². The van der Waals surface area contributed by atoms with E-state index in [1.54, 1.807) is 0 Å². The Kier molecular flexibility index (Phi) is 17.5. The number of rotatable bonds is 0. The van der Waals surface area contributed by atoms with Gasteiger partial charge >= 0.3 is 33.9 Å². The van der Waals surface area contributed by atoms with E-state index in [0.29, 0.717) is 0 Å². The van der Waals surface area contributed by atoms with Crippen LogP contribution in [0.3, 0.4) is 0 Å². The second kappa shape index (κ2) is 9.90. The van der Waals surface area contributed by atoms with E-state index in [1.807, 2.05) is 15.4 Å². The molecule has 75 valence electrons. The van der Waals surface area contributed by atoms with E-state index in [-0.39, 0.29) is 54.6 Å². The van der Waals surface area contributed by atoms with Crippen LogP contribution in [0, 0.1) is 0 Å². The molecule has 0 fully saturated rings. The molecule has 3 N–H and O–H groups in total. The van der Waals surface area contributed by atoms with E-state index in [0.717, 1.165) is 0 Å². The van der Waals surface area contributed by atoms with Crippen LogP contribution in [0.5, 0.6) is 0 Å². The second-order valence-electron chi connectivity index (χ2n) is 1.36. The summed E-state index contributed by atoms with van der Waals surface area (Å²) in [4.78, 5) is 30.7. The van der Waals surface area contributed by atoms with Crippen LogP contribution in [-0.4, -0.2) is 15.4 Å². The van der Waals surface area contributed by atoms with Crippen LogP contribution >= 0.6 is 0 Å². The zero-order chi connectivity index (χ0) is 6.85. The van der Waals surface area contributed by atoms with Crippen LogP contribution < -0.4 is 53.8 Å². The van der Waals surface area contributed by atoms with Gasteiger partial charge in [-0.1, -0.05) is 0 Å². The van der Waals surface area contributed by atoms with Crippen LogP contribution in [0.25, 0.3) is 0 Å². The Balaban J connectivity index is -0.000000101. The smallest absolute Gasteiger partial charge is 1.00 e. The topological polar surface area (TPSA) is 98.6 Å². The fourth-order valence-electron chi connectivity index (χ4n) is 0.361. The Hall–Kier alpha value is -0.188. The van der Waals surface area contributed by atoms with Gasteiger partial charge in [0.1, 0.15) is 0 Å². The summed E-state index contributed by atoms with van der Waals surface area (Å²) in [5.74, 6) is 0. The van der Waals surface area contributed by atoms with Crippen molar-refractivity contribution in [1.82, 2.24) is 15.4 Å². The standard InChI is InChI=1S/C3H3N3O3.3ClH.Cr/c7-1-2(8)4-6-5-3(1)9;;;;/h(H,6,7)(H2,4,5,8,9);3*1H;/q;;;;+3/p-3. The molecule has 0 aliphatic carbocycles. The molecular weight excluding hydrogens is 284 g/mol. The molecule has 6 nitrogen and oxygen atoms in total. The largest absolute Gasteiger partial charge is 3.00 e. The summed E-state index contributed by atoms with van der Waals surface area (Å²) in [6.07, 6.45) is 0. The predicted molar refractivity (Wildman–Crippen MR) is 28.3 cm³/mol. The predicted octanol–water partition coefficient (Wildman–Crippen LogP) is -11.2. The van der Waals surface area contributed by atoms with Crippen molar-refractivity contribution in [2.45, 2.75) is 0 Å². The number of halogens is 3. The minimum Gasteiger partial charge on any atom is -1.00 e. The molecule has 0 aliphatic heterocycles. The number of aromatic amines is 3. The average molecular weight is 287 g/mol. The average Bonchev–Trinajstić information content (AvgIpc) is 1.83. The van der Waals surface area contributed by atoms with Crippen molar-refractivity contribution >= 4 is 0 Å². The minimum absolute atomic E-state index is 0. The van der Waals surface area contributed by atoms with Crippen LogP contribution in [0.2, 0.25) is 0 Å². The van der Waals surface area contributed by atoms with Gasteiger partial charge in [-0.2, -0.15) is 0 Å². The van der Waals surface area contributed by atoms with E-state index in [2.05, 4.69) is 0 Å². The number of hydrogen-bond acceptors (Lipinski definition) is 3. The molecule has 10 heteroatoms. The van der Waals surface area contributed by atoms with Crippen molar-refractivity contribution in [2.24, 2.45) is 0 Å². The maximum atomic E-state index is 10.3. The molecule has 0 aliphatic rings. The van der Waals surface area contributed by atoms with Gasteiger partial charge in [0.2, 0.25) is 0 Å². The van der Waals surface area contributed by atoms with Crippen molar-refractivity contribution in [3.8, 4) is 0 Å². The fourth-order valence-corrected chi connectivity index (χ4v) is 0.361. The van der Waals surface area contributed by atoms with Gasteiger partial charge in [0.05, 0.1) is 0 Å². The molecule has 0 amide bonds. The molecule has 0 saturated carbocycles. The molecule has 0 unspecified atom stereocenters. The van der Waals surface area contributed by atoms with Crippen molar-refractivity contribution in [1.29, 1.82) is 0 Å². The van der Waals surface area contributed by atoms with Gasteiger partial charge < -0.3 is 37.2 Å². The first-order valence-electron chi connectivity index (χ1n) is 2.11. The van der Waals surface area contributed by atoms with Gasteiger partial charge in [0.25, 0.3) is 0 Å². The number of aromatic nitrogens is 3. The Bertz CT molecular complexity index is 339. The number of H-pyrrole nitrogens is 3. The third-order valence-electron chi connectivity index (χ3n) is 0.765. The molecule has 0 atom stereocenters. The van der Waals surface area contributed by atoms with Gasteiger partial charge in [-0.05, 0) is 0 Å². The fraction of sp³-hybridized carbons (Fsp3) is 0. The second-order valence-corrected chi connectivity index (χ2v) is 1.36. The Morgan fingerprint density at radius 2 is 1.08 bits per heavy atom. The normalized spacial score (nSPS) is 6.46. The quantitative estimate of drug-likeness (QED) is 0.413. The van der Waals surface area contributed by atoms with Crippen molar-refractivity contribution < 1.29 is 54.6 Å². The maximum absolute atomic E-state index is 10.3. The Morgan fingerprint density at radius 3 is 1.31 bits per heavy atom. The van der Waals surface area contributed by atoms with E-state index in [9.17, 15) is 14.4 Å². The van der Waals surface area contributed by atoms with E-state index in [4.69, 9.17) is 0 Å². The van der Waals surface area contributed by atoms with Crippen LogP contribution in [0.15, 0.2) is 14.4 Å². The molecular formula is C3H3Cl3CrN3O3. The summed E-state index contributed by atoms with van der Waals surface area (Å²) in [6, 6.07) is 0. The van der Waals surface area contributed by atoms with Crippen molar-refractivity contribution in [2.75, 3.05) is 0 Å². The first kappa shape index (κ1) is 23.0. The van der Waals surface area contributed by atoms with E-state index < -0.39 is 16.5 Å². The van der Waals surface area contributed by atoms with Gasteiger partial charge in [0, 0.05) is 0 Å². The number of nitrogens with one attached hydrogen (secondary N) is 3. The first-order valence-corrected chi connectivity index (χ1v) is 2.11. The summed E-state index contributed by atoms with van der Waals surface area (Å²) in [5, 5.41) is 5.78. The van der Waals surface area contributed by atoms with Gasteiger partial charge in [-0.3, -0.25) is 14.4 Å².